The van der Waals surface area contributed by atoms with Gasteiger partial charge in [-0.15, -0.1) is 0 Å². The number of piperazine rings is 1. The first kappa shape index (κ1) is 27.0. The number of nitrogens with zero attached hydrogens (tertiary/aromatic N) is 4. The van der Waals surface area contributed by atoms with Gasteiger partial charge in [0.1, 0.15) is 11.9 Å². The third kappa shape index (κ3) is 6.03. The van der Waals surface area contributed by atoms with Crippen molar-refractivity contribution in [2.24, 2.45) is 0 Å². The van der Waals surface area contributed by atoms with Crippen LogP contribution >= 0.6 is 0 Å². The standard InChI is InChI=1S/C30H40N4O3S/c1-3-4-10-24-15-17-26(18-16-24)38(35,36)34-21-19-33(20-22-34)23(2)29-31-28-14-9-8-13-27(28)30(32-29)37-25-11-6-5-7-12-25/h8-9,13-18,23,25H,3-7,10-12,19-22H2,1-2H3/t23-/m1/s1. The van der Waals surface area contributed by atoms with E-state index in [1.54, 1.807) is 16.4 Å². The average Bonchev–Trinajstić information content (AvgIpc) is 2.96. The van der Waals surface area contributed by atoms with Gasteiger partial charge in [0.25, 0.3) is 0 Å². The molecule has 0 bridgehead atoms. The summed E-state index contributed by atoms with van der Waals surface area (Å²) in [6, 6.07) is 15.4. The summed E-state index contributed by atoms with van der Waals surface area (Å²) in [6.07, 6.45) is 9.25. The monoisotopic (exact) mass is 536 g/mol. The van der Waals surface area contributed by atoms with Crippen molar-refractivity contribution in [3.05, 3.63) is 59.9 Å². The molecule has 2 heterocycles. The Labute approximate surface area is 227 Å². The number of benzene rings is 2. The highest BCUT2D eigenvalue weighted by molar-refractivity contribution is 7.89. The maximum Gasteiger partial charge on any atom is 0.243 e. The number of aryl methyl sites for hydroxylation is 1. The van der Waals surface area contributed by atoms with Crippen LogP contribution < -0.4 is 4.74 Å². The second-order valence-corrected chi connectivity index (χ2v) is 12.6. The summed E-state index contributed by atoms with van der Waals surface area (Å²) in [7, 11) is -3.51. The Morgan fingerprint density at radius 1 is 0.947 bits per heavy atom. The van der Waals surface area contributed by atoms with Gasteiger partial charge in [-0.25, -0.2) is 13.4 Å². The van der Waals surface area contributed by atoms with Crippen LogP contribution in [0.4, 0.5) is 0 Å². The molecule has 1 atom stereocenters. The number of hydrogen-bond acceptors (Lipinski definition) is 6. The molecule has 1 saturated heterocycles. The third-order valence-corrected chi connectivity index (χ3v) is 9.90. The molecule has 7 nitrogen and oxygen atoms in total. The number of hydrogen-bond donors (Lipinski definition) is 0. The Kier molecular flexibility index (Phi) is 8.61. The zero-order valence-electron chi connectivity index (χ0n) is 22.7. The van der Waals surface area contributed by atoms with Gasteiger partial charge in [0.2, 0.25) is 15.9 Å². The van der Waals surface area contributed by atoms with E-state index in [9.17, 15) is 8.42 Å². The molecule has 3 aromatic rings. The molecule has 2 aromatic carbocycles. The maximum atomic E-state index is 13.3. The zero-order valence-corrected chi connectivity index (χ0v) is 23.5. The summed E-state index contributed by atoms with van der Waals surface area (Å²) in [5, 5.41) is 0.950. The molecule has 0 N–H and O–H groups in total. The van der Waals surface area contributed by atoms with E-state index in [4.69, 9.17) is 14.7 Å². The van der Waals surface area contributed by atoms with Crippen molar-refractivity contribution in [3.8, 4) is 5.88 Å². The quantitative estimate of drug-likeness (QED) is 0.347. The summed E-state index contributed by atoms with van der Waals surface area (Å²) in [5.41, 5.74) is 2.07. The largest absolute Gasteiger partial charge is 0.474 e. The second-order valence-electron chi connectivity index (χ2n) is 10.6. The highest BCUT2D eigenvalue weighted by Crippen LogP contribution is 2.30. The topological polar surface area (TPSA) is 75.6 Å². The van der Waals surface area contributed by atoms with E-state index >= 15 is 0 Å². The first-order chi connectivity index (χ1) is 18.5. The predicted molar refractivity (Wildman–Crippen MR) is 151 cm³/mol. The minimum absolute atomic E-state index is 0.0454. The molecule has 38 heavy (non-hydrogen) atoms. The van der Waals surface area contributed by atoms with E-state index in [-0.39, 0.29) is 12.1 Å². The Balaban J connectivity index is 1.27. The molecule has 0 radical (unpaired) electrons. The fourth-order valence-electron chi connectivity index (χ4n) is 5.53. The number of rotatable bonds is 9. The molecule has 1 aliphatic heterocycles. The van der Waals surface area contributed by atoms with Gasteiger partial charge in [-0.05, 0) is 75.3 Å². The molecule has 8 heteroatoms. The van der Waals surface area contributed by atoms with Crippen LogP contribution in [-0.4, -0.2) is 59.9 Å². The van der Waals surface area contributed by atoms with Gasteiger partial charge >= 0.3 is 0 Å². The molecular formula is C30H40N4O3S. The molecular weight excluding hydrogens is 496 g/mol. The molecule has 1 saturated carbocycles. The van der Waals surface area contributed by atoms with Crippen LogP contribution in [0.3, 0.4) is 0 Å². The number of para-hydroxylation sites is 1. The molecule has 5 rings (SSSR count). The Morgan fingerprint density at radius 3 is 2.37 bits per heavy atom. The van der Waals surface area contributed by atoms with Crippen LogP contribution in [0.2, 0.25) is 0 Å². The van der Waals surface area contributed by atoms with Crippen molar-refractivity contribution in [2.75, 3.05) is 26.2 Å². The van der Waals surface area contributed by atoms with Crippen LogP contribution in [0.5, 0.6) is 5.88 Å². The molecule has 1 aromatic heterocycles. The minimum atomic E-state index is -3.51. The van der Waals surface area contributed by atoms with Gasteiger partial charge in [-0.2, -0.15) is 9.29 Å². The molecule has 0 unspecified atom stereocenters. The molecule has 0 amide bonds. The van der Waals surface area contributed by atoms with Crippen LogP contribution in [0.15, 0.2) is 53.4 Å². The fraction of sp³-hybridized carbons (Fsp3) is 0.533. The first-order valence-electron chi connectivity index (χ1n) is 14.2. The lowest BCUT2D eigenvalue weighted by Gasteiger charge is -2.37. The average molecular weight is 537 g/mol. The molecule has 1 aliphatic carbocycles. The normalized spacial score (nSPS) is 19.0. The van der Waals surface area contributed by atoms with Crippen molar-refractivity contribution in [2.45, 2.75) is 82.3 Å². The zero-order chi connectivity index (χ0) is 26.5. The van der Waals surface area contributed by atoms with E-state index < -0.39 is 10.0 Å². The maximum absolute atomic E-state index is 13.3. The van der Waals surface area contributed by atoms with Gasteiger partial charge in [0.05, 0.1) is 21.8 Å². The van der Waals surface area contributed by atoms with Gasteiger partial charge in [0.15, 0.2) is 0 Å². The summed E-state index contributed by atoms with van der Waals surface area (Å²) in [5.74, 6) is 1.40. The van der Waals surface area contributed by atoms with E-state index in [1.807, 2.05) is 36.4 Å². The smallest absolute Gasteiger partial charge is 0.243 e. The number of unbranched alkanes of at least 4 members (excludes halogenated alkanes) is 1. The third-order valence-electron chi connectivity index (χ3n) is 7.99. The molecule has 2 fully saturated rings. The fourth-order valence-corrected chi connectivity index (χ4v) is 6.96. The number of fused-ring (bicyclic) bond motifs is 1. The van der Waals surface area contributed by atoms with E-state index in [0.717, 1.165) is 48.8 Å². The van der Waals surface area contributed by atoms with E-state index in [0.29, 0.717) is 37.0 Å². The van der Waals surface area contributed by atoms with Crippen LogP contribution in [0.25, 0.3) is 10.9 Å². The van der Waals surface area contributed by atoms with E-state index in [1.165, 1.54) is 24.8 Å². The Morgan fingerprint density at radius 2 is 1.66 bits per heavy atom. The van der Waals surface area contributed by atoms with Crippen LogP contribution in [0, 0.1) is 0 Å². The number of aromatic nitrogens is 2. The van der Waals surface area contributed by atoms with Crippen molar-refractivity contribution in [3.63, 3.8) is 0 Å². The number of ether oxygens (including phenoxy) is 1. The molecule has 0 spiro atoms. The lowest BCUT2D eigenvalue weighted by atomic mass is 9.98. The molecule has 204 valence electrons. The summed E-state index contributed by atoms with van der Waals surface area (Å²) < 4.78 is 34.6. The van der Waals surface area contributed by atoms with Crippen LogP contribution in [-0.2, 0) is 16.4 Å². The van der Waals surface area contributed by atoms with Gasteiger partial charge in [0, 0.05) is 26.2 Å². The van der Waals surface area contributed by atoms with Crippen molar-refractivity contribution < 1.29 is 13.2 Å². The van der Waals surface area contributed by atoms with Gasteiger partial charge in [-0.1, -0.05) is 44.0 Å². The lowest BCUT2D eigenvalue weighted by Crippen LogP contribution is -2.49. The Bertz CT molecular complexity index is 1320. The summed E-state index contributed by atoms with van der Waals surface area (Å²) in [6.45, 7) is 6.42. The Hall–Kier alpha value is -2.55. The highest BCUT2D eigenvalue weighted by Gasteiger charge is 2.31. The van der Waals surface area contributed by atoms with E-state index in [2.05, 4.69) is 18.7 Å². The second kappa shape index (κ2) is 12.1. The summed E-state index contributed by atoms with van der Waals surface area (Å²) in [4.78, 5) is 12.4. The minimum Gasteiger partial charge on any atom is -0.474 e. The van der Waals surface area contributed by atoms with Gasteiger partial charge in [-0.3, -0.25) is 4.90 Å². The van der Waals surface area contributed by atoms with Gasteiger partial charge < -0.3 is 4.74 Å². The predicted octanol–water partition coefficient (Wildman–Crippen LogP) is 5.75. The van der Waals surface area contributed by atoms with Crippen molar-refractivity contribution in [1.82, 2.24) is 19.2 Å². The highest BCUT2D eigenvalue weighted by atomic mass is 32.2. The van der Waals surface area contributed by atoms with Crippen molar-refractivity contribution in [1.29, 1.82) is 0 Å². The molecule has 2 aliphatic rings. The SMILES string of the molecule is CCCCc1ccc(S(=O)(=O)N2CCN([C@H](C)c3nc(OC4CCCCC4)c4ccccc4n3)CC2)cc1. The van der Waals surface area contributed by atoms with Crippen LogP contribution in [0.1, 0.15) is 76.2 Å². The number of sulfonamides is 1. The summed E-state index contributed by atoms with van der Waals surface area (Å²) >= 11 is 0. The lowest BCUT2D eigenvalue weighted by molar-refractivity contribution is 0.135. The van der Waals surface area contributed by atoms with Crippen molar-refractivity contribution >= 4 is 20.9 Å². The first-order valence-corrected chi connectivity index (χ1v) is 15.7.